The molecule has 2 aliphatic carbocycles. The van der Waals surface area contributed by atoms with Crippen molar-refractivity contribution >= 4 is 11.6 Å². The molecule has 1 aromatic rings. The van der Waals surface area contributed by atoms with Crippen molar-refractivity contribution in [2.24, 2.45) is 17.8 Å². The predicted octanol–water partition coefficient (Wildman–Crippen LogP) is 7.57. The molecule has 0 aromatic heterocycles. The Morgan fingerprint density at radius 2 is 1.50 bits per heavy atom. The molecule has 2 unspecified atom stereocenters. The van der Waals surface area contributed by atoms with E-state index in [2.05, 4.69) is 38.1 Å². The van der Waals surface area contributed by atoms with Gasteiger partial charge in [0.2, 0.25) is 0 Å². The molecule has 0 aliphatic heterocycles. The van der Waals surface area contributed by atoms with Gasteiger partial charge in [0.15, 0.2) is 0 Å². The summed E-state index contributed by atoms with van der Waals surface area (Å²) >= 11 is 0. The van der Waals surface area contributed by atoms with Crippen LogP contribution in [0.1, 0.15) is 114 Å². The van der Waals surface area contributed by atoms with E-state index in [1.54, 1.807) is 0 Å². The van der Waals surface area contributed by atoms with Gasteiger partial charge in [-0.15, -0.1) is 0 Å². The number of aryl methyl sites for hydroxylation is 1. The van der Waals surface area contributed by atoms with Gasteiger partial charge in [-0.3, -0.25) is 9.59 Å². The van der Waals surface area contributed by atoms with E-state index in [0.717, 1.165) is 43.9 Å². The quantitative estimate of drug-likeness (QED) is 0.398. The van der Waals surface area contributed by atoms with Crippen LogP contribution in [0.2, 0.25) is 0 Å². The van der Waals surface area contributed by atoms with Gasteiger partial charge in [-0.2, -0.15) is 0 Å². The standard InChI is InChI=1S/C28H42O2/c1-3-8-22-10-5-6-11-23(22)17-18-26(29)19-20-28(30)25-15-13-24(14-16-25)27-12-7-4-9-21(27)2/h4,7,9,12,22-25H,3,5-6,8,10-11,13-20H2,1-2H3. The van der Waals surface area contributed by atoms with Crippen molar-refractivity contribution in [1.29, 1.82) is 0 Å². The normalized spacial score (nSPS) is 27.0. The third kappa shape index (κ3) is 6.53. The van der Waals surface area contributed by atoms with Crippen molar-refractivity contribution in [3.63, 3.8) is 0 Å². The summed E-state index contributed by atoms with van der Waals surface area (Å²) in [5, 5.41) is 0. The molecule has 0 N–H and O–H groups in total. The molecule has 166 valence electrons. The van der Waals surface area contributed by atoms with Crippen molar-refractivity contribution in [2.75, 3.05) is 0 Å². The predicted molar refractivity (Wildman–Crippen MR) is 125 cm³/mol. The number of benzene rings is 1. The number of rotatable bonds is 10. The second-order valence-corrected chi connectivity index (χ2v) is 10.0. The summed E-state index contributed by atoms with van der Waals surface area (Å²) in [5.41, 5.74) is 2.83. The molecular weight excluding hydrogens is 368 g/mol. The Kier molecular flexibility index (Phi) is 9.15. The van der Waals surface area contributed by atoms with Crippen LogP contribution in [0.25, 0.3) is 0 Å². The van der Waals surface area contributed by atoms with Gasteiger partial charge in [0, 0.05) is 25.2 Å². The minimum atomic E-state index is 0.186. The molecule has 2 atom stereocenters. The summed E-state index contributed by atoms with van der Waals surface area (Å²) in [7, 11) is 0. The molecule has 0 radical (unpaired) electrons. The number of carbonyl (C=O) groups is 2. The van der Waals surface area contributed by atoms with E-state index in [1.165, 1.54) is 49.7 Å². The minimum absolute atomic E-state index is 0.186. The summed E-state index contributed by atoms with van der Waals surface area (Å²) in [4.78, 5) is 25.2. The first-order chi connectivity index (χ1) is 14.6. The lowest BCUT2D eigenvalue weighted by Crippen LogP contribution is -2.22. The summed E-state index contributed by atoms with van der Waals surface area (Å²) in [5.74, 6) is 3.02. The monoisotopic (exact) mass is 410 g/mol. The van der Waals surface area contributed by atoms with Crippen molar-refractivity contribution < 1.29 is 9.59 Å². The Morgan fingerprint density at radius 3 is 2.17 bits per heavy atom. The van der Waals surface area contributed by atoms with Crippen LogP contribution < -0.4 is 0 Å². The maximum atomic E-state index is 12.7. The molecule has 3 rings (SSSR count). The van der Waals surface area contributed by atoms with Gasteiger partial charge in [-0.1, -0.05) is 69.7 Å². The fraction of sp³-hybridized carbons (Fsp3) is 0.714. The summed E-state index contributed by atoms with van der Waals surface area (Å²) in [6.45, 7) is 4.47. The van der Waals surface area contributed by atoms with Gasteiger partial charge >= 0.3 is 0 Å². The minimum Gasteiger partial charge on any atom is -0.300 e. The van der Waals surface area contributed by atoms with E-state index in [9.17, 15) is 9.59 Å². The van der Waals surface area contributed by atoms with Crippen LogP contribution in [0.5, 0.6) is 0 Å². The van der Waals surface area contributed by atoms with Gasteiger partial charge in [0.05, 0.1) is 0 Å². The number of ketones is 2. The molecule has 30 heavy (non-hydrogen) atoms. The van der Waals surface area contributed by atoms with Crippen molar-refractivity contribution in [3.8, 4) is 0 Å². The number of hydrogen-bond acceptors (Lipinski definition) is 2. The Hall–Kier alpha value is -1.44. The first-order valence-corrected chi connectivity index (χ1v) is 12.7. The highest BCUT2D eigenvalue weighted by Crippen LogP contribution is 2.38. The highest BCUT2D eigenvalue weighted by atomic mass is 16.1. The van der Waals surface area contributed by atoms with Gasteiger partial charge in [0.1, 0.15) is 11.6 Å². The van der Waals surface area contributed by atoms with Crippen LogP contribution in [0.4, 0.5) is 0 Å². The van der Waals surface area contributed by atoms with E-state index >= 15 is 0 Å². The Bertz CT molecular complexity index is 682. The van der Waals surface area contributed by atoms with E-state index in [0.29, 0.717) is 36.7 Å². The molecule has 0 saturated heterocycles. The molecule has 0 heterocycles. The topological polar surface area (TPSA) is 34.1 Å². The maximum absolute atomic E-state index is 12.7. The lowest BCUT2D eigenvalue weighted by Gasteiger charge is -2.31. The molecule has 0 spiro atoms. The van der Waals surface area contributed by atoms with E-state index in [-0.39, 0.29) is 5.92 Å². The molecule has 2 heteroatoms. The Labute approximate surface area is 184 Å². The zero-order valence-electron chi connectivity index (χ0n) is 19.3. The highest BCUT2D eigenvalue weighted by Gasteiger charge is 2.28. The van der Waals surface area contributed by atoms with Crippen molar-refractivity contribution in [2.45, 2.75) is 110 Å². The molecule has 0 amide bonds. The SMILES string of the molecule is CCCC1CCCCC1CCC(=O)CCC(=O)C1CCC(c2ccccc2C)CC1. The Morgan fingerprint density at radius 1 is 0.833 bits per heavy atom. The summed E-state index contributed by atoms with van der Waals surface area (Å²) < 4.78 is 0. The molecule has 0 bridgehead atoms. The van der Waals surface area contributed by atoms with Crippen LogP contribution in [0.3, 0.4) is 0 Å². The molecule has 2 aliphatic rings. The largest absolute Gasteiger partial charge is 0.300 e. The lowest BCUT2D eigenvalue weighted by atomic mass is 9.74. The average Bonchev–Trinajstić information content (AvgIpc) is 2.77. The van der Waals surface area contributed by atoms with E-state index in [1.807, 2.05) is 0 Å². The molecular formula is C28H42O2. The lowest BCUT2D eigenvalue weighted by molar-refractivity contribution is -0.127. The van der Waals surface area contributed by atoms with Crippen LogP contribution in [-0.2, 0) is 9.59 Å². The Balaban J connectivity index is 1.36. The van der Waals surface area contributed by atoms with Crippen molar-refractivity contribution in [1.82, 2.24) is 0 Å². The van der Waals surface area contributed by atoms with Crippen LogP contribution in [0, 0.1) is 24.7 Å². The number of hydrogen-bond donors (Lipinski definition) is 0. The van der Waals surface area contributed by atoms with Gasteiger partial charge in [0.25, 0.3) is 0 Å². The maximum Gasteiger partial charge on any atom is 0.136 e. The van der Waals surface area contributed by atoms with Crippen LogP contribution >= 0.6 is 0 Å². The molecule has 2 saturated carbocycles. The first kappa shape index (κ1) is 23.2. The van der Waals surface area contributed by atoms with Crippen molar-refractivity contribution in [3.05, 3.63) is 35.4 Å². The zero-order chi connectivity index (χ0) is 21.3. The fourth-order valence-electron chi connectivity index (χ4n) is 6.12. The smallest absolute Gasteiger partial charge is 0.136 e. The third-order valence-electron chi connectivity index (χ3n) is 7.98. The van der Waals surface area contributed by atoms with Gasteiger partial charge in [-0.25, -0.2) is 0 Å². The van der Waals surface area contributed by atoms with Gasteiger partial charge in [-0.05, 0) is 67.9 Å². The summed E-state index contributed by atoms with van der Waals surface area (Å²) in [6, 6.07) is 8.67. The van der Waals surface area contributed by atoms with E-state index in [4.69, 9.17) is 0 Å². The molecule has 1 aromatic carbocycles. The van der Waals surface area contributed by atoms with Crippen LogP contribution in [-0.4, -0.2) is 11.6 Å². The average molecular weight is 411 g/mol. The van der Waals surface area contributed by atoms with Gasteiger partial charge < -0.3 is 0 Å². The fourth-order valence-corrected chi connectivity index (χ4v) is 6.12. The second-order valence-electron chi connectivity index (χ2n) is 10.0. The van der Waals surface area contributed by atoms with E-state index < -0.39 is 0 Å². The number of Topliss-reactive ketones (excluding diaryl/α,β-unsaturated/α-hetero) is 2. The zero-order valence-corrected chi connectivity index (χ0v) is 19.3. The third-order valence-corrected chi connectivity index (χ3v) is 7.98. The second kappa shape index (κ2) is 11.8. The number of carbonyl (C=O) groups excluding carboxylic acids is 2. The van der Waals surface area contributed by atoms with Crippen LogP contribution in [0.15, 0.2) is 24.3 Å². The summed E-state index contributed by atoms with van der Waals surface area (Å²) in [6.07, 6.45) is 14.8. The molecule has 2 nitrogen and oxygen atoms in total. The molecule has 2 fully saturated rings. The first-order valence-electron chi connectivity index (χ1n) is 12.7. The highest BCUT2D eigenvalue weighted by molar-refractivity contribution is 5.87.